The van der Waals surface area contributed by atoms with E-state index in [1.54, 1.807) is 10.6 Å². The molecule has 4 nitrogen and oxygen atoms in total. The molecule has 1 heterocycles. The van der Waals surface area contributed by atoms with Crippen molar-refractivity contribution >= 4 is 39.6 Å². The molecule has 0 bridgehead atoms. The van der Waals surface area contributed by atoms with Crippen molar-refractivity contribution in [3.8, 4) is 11.4 Å². The summed E-state index contributed by atoms with van der Waals surface area (Å²) in [5.41, 5.74) is 7.60. The number of nitrogen functional groups attached to an aromatic ring is 1. The Kier molecular flexibility index (Phi) is 3.44. The van der Waals surface area contributed by atoms with E-state index >= 15 is 0 Å². The van der Waals surface area contributed by atoms with Gasteiger partial charge >= 0.3 is 0 Å². The van der Waals surface area contributed by atoms with E-state index < -0.39 is 5.82 Å². The molecule has 0 aliphatic heterocycles. The van der Waals surface area contributed by atoms with Crippen LogP contribution in [0.3, 0.4) is 0 Å². The van der Waals surface area contributed by atoms with Gasteiger partial charge in [0.25, 0.3) is 0 Å². The van der Waals surface area contributed by atoms with Gasteiger partial charge in [-0.05, 0) is 40.8 Å². The number of halogens is 3. The Labute approximate surface area is 132 Å². The minimum absolute atomic E-state index is 0.0979. The van der Waals surface area contributed by atoms with Crippen LogP contribution >= 0.6 is 22.6 Å². The molecule has 0 atom stereocenters. The maximum atomic E-state index is 13.7. The Morgan fingerprint density at radius 1 is 1.24 bits per heavy atom. The first-order chi connectivity index (χ1) is 10.0. The summed E-state index contributed by atoms with van der Waals surface area (Å²) >= 11 is 2.01. The molecule has 0 fully saturated rings. The molecule has 0 amide bonds. The second-order valence-electron chi connectivity index (χ2n) is 4.38. The van der Waals surface area contributed by atoms with Crippen LogP contribution in [0.1, 0.15) is 0 Å². The molecule has 108 valence electrons. The molecule has 2 aromatic carbocycles. The zero-order chi connectivity index (χ0) is 15.1. The van der Waals surface area contributed by atoms with E-state index in [1.165, 1.54) is 31.4 Å². The van der Waals surface area contributed by atoms with Crippen molar-refractivity contribution < 1.29 is 13.5 Å². The van der Waals surface area contributed by atoms with Gasteiger partial charge < -0.3 is 10.5 Å². The quantitative estimate of drug-likeness (QED) is 0.669. The molecule has 1 aromatic heterocycles. The maximum Gasteiger partial charge on any atom is 0.205 e. The third-order valence-corrected chi connectivity index (χ3v) is 3.97. The van der Waals surface area contributed by atoms with Crippen LogP contribution < -0.4 is 10.5 Å². The van der Waals surface area contributed by atoms with Gasteiger partial charge in [0.15, 0.2) is 11.6 Å². The first-order valence-electron chi connectivity index (χ1n) is 5.98. The maximum absolute atomic E-state index is 13.7. The third-order valence-electron chi connectivity index (χ3n) is 3.10. The smallest absolute Gasteiger partial charge is 0.205 e. The van der Waals surface area contributed by atoms with Crippen LogP contribution in [0, 0.1) is 15.2 Å². The number of hydrogen-bond acceptors (Lipinski definition) is 3. The summed E-state index contributed by atoms with van der Waals surface area (Å²) in [6.07, 6.45) is 0. The highest BCUT2D eigenvalue weighted by Crippen LogP contribution is 2.30. The van der Waals surface area contributed by atoms with Crippen LogP contribution in [0.4, 0.5) is 14.7 Å². The van der Waals surface area contributed by atoms with Crippen molar-refractivity contribution in [2.45, 2.75) is 0 Å². The lowest BCUT2D eigenvalue weighted by Gasteiger charge is -2.10. The largest absolute Gasteiger partial charge is 0.494 e. The van der Waals surface area contributed by atoms with Crippen LogP contribution in [0.2, 0.25) is 0 Å². The molecule has 2 N–H and O–H groups in total. The van der Waals surface area contributed by atoms with Gasteiger partial charge in [-0.2, -0.15) is 0 Å². The number of fused-ring (bicyclic) bond motifs is 1. The monoisotopic (exact) mass is 401 g/mol. The molecule has 7 heteroatoms. The molecule has 0 unspecified atom stereocenters. The zero-order valence-corrected chi connectivity index (χ0v) is 13.1. The first kappa shape index (κ1) is 14.1. The number of nitrogens with two attached hydrogens (primary N) is 1. The van der Waals surface area contributed by atoms with E-state index in [9.17, 15) is 8.78 Å². The predicted octanol–water partition coefficient (Wildman–Crippen LogP) is 3.50. The van der Waals surface area contributed by atoms with E-state index in [-0.39, 0.29) is 17.5 Å². The molecular formula is C14H10F2IN3O. The lowest BCUT2D eigenvalue weighted by molar-refractivity contribution is 0.387. The van der Waals surface area contributed by atoms with Crippen molar-refractivity contribution in [3.05, 3.63) is 45.5 Å². The number of nitrogens with zero attached hydrogens (tertiary/aromatic N) is 2. The molecule has 0 saturated carbocycles. The lowest BCUT2D eigenvalue weighted by atomic mass is 10.2. The fourth-order valence-electron chi connectivity index (χ4n) is 2.17. The second-order valence-corrected chi connectivity index (χ2v) is 5.54. The molecule has 21 heavy (non-hydrogen) atoms. The zero-order valence-electron chi connectivity index (χ0n) is 10.9. The van der Waals surface area contributed by atoms with Gasteiger partial charge in [-0.3, -0.25) is 4.57 Å². The number of imidazole rings is 1. The van der Waals surface area contributed by atoms with Crippen LogP contribution in [0.5, 0.6) is 5.75 Å². The SMILES string of the molecule is COc1cc2c(cc1F)nc(N)n2-c1ccc(F)cc1I. The fraction of sp³-hybridized carbons (Fsp3) is 0.0714. The standard InChI is InChI=1S/C14H10F2IN3O/c1-21-13-6-12-10(5-8(13)16)19-14(18)20(12)11-3-2-7(15)4-9(11)17/h2-6H,1H3,(H2,18,19). The summed E-state index contributed by atoms with van der Waals surface area (Å²) < 4.78 is 34.3. The normalized spacial score (nSPS) is 11.0. The predicted molar refractivity (Wildman–Crippen MR) is 84.7 cm³/mol. The van der Waals surface area contributed by atoms with Crippen LogP contribution in [-0.4, -0.2) is 16.7 Å². The molecule has 0 saturated heterocycles. The number of anilines is 1. The van der Waals surface area contributed by atoms with Gasteiger partial charge in [0, 0.05) is 15.7 Å². The van der Waals surface area contributed by atoms with Crippen molar-refractivity contribution in [1.82, 2.24) is 9.55 Å². The highest BCUT2D eigenvalue weighted by atomic mass is 127. The number of hydrogen-bond donors (Lipinski definition) is 1. The summed E-state index contributed by atoms with van der Waals surface area (Å²) in [5.74, 6) is -0.554. The van der Waals surface area contributed by atoms with E-state index in [0.29, 0.717) is 20.3 Å². The third kappa shape index (κ3) is 2.31. The van der Waals surface area contributed by atoms with Gasteiger partial charge in [0.05, 0.1) is 23.8 Å². The molecule has 0 aliphatic carbocycles. The minimum Gasteiger partial charge on any atom is -0.494 e. The number of methoxy groups -OCH3 is 1. The van der Waals surface area contributed by atoms with Crippen molar-refractivity contribution in [3.63, 3.8) is 0 Å². The summed E-state index contributed by atoms with van der Waals surface area (Å²) in [4.78, 5) is 4.14. The Morgan fingerprint density at radius 2 is 2.00 bits per heavy atom. The van der Waals surface area contributed by atoms with E-state index in [4.69, 9.17) is 10.5 Å². The van der Waals surface area contributed by atoms with Gasteiger partial charge in [-0.15, -0.1) is 0 Å². The lowest BCUT2D eigenvalue weighted by Crippen LogP contribution is -2.03. The van der Waals surface area contributed by atoms with Crippen molar-refractivity contribution in [2.75, 3.05) is 12.8 Å². The average molecular weight is 401 g/mol. The number of ether oxygens (including phenoxy) is 1. The van der Waals surface area contributed by atoms with E-state index in [2.05, 4.69) is 4.98 Å². The number of benzene rings is 2. The Balaban J connectivity index is 2.33. The highest BCUT2D eigenvalue weighted by Gasteiger charge is 2.16. The summed E-state index contributed by atoms with van der Waals surface area (Å²) in [5, 5.41) is 0. The molecule has 3 rings (SSSR count). The summed E-state index contributed by atoms with van der Waals surface area (Å²) in [6.45, 7) is 0. The first-order valence-corrected chi connectivity index (χ1v) is 7.06. The van der Waals surface area contributed by atoms with E-state index in [1.807, 2.05) is 22.6 Å². The van der Waals surface area contributed by atoms with Gasteiger partial charge in [-0.1, -0.05) is 0 Å². The minimum atomic E-state index is -0.511. The number of rotatable bonds is 2. The molecular weight excluding hydrogens is 391 g/mol. The van der Waals surface area contributed by atoms with Crippen LogP contribution in [0.25, 0.3) is 16.7 Å². The van der Waals surface area contributed by atoms with Crippen molar-refractivity contribution in [1.29, 1.82) is 0 Å². The molecule has 0 aliphatic rings. The topological polar surface area (TPSA) is 53.1 Å². The van der Waals surface area contributed by atoms with Gasteiger partial charge in [0.1, 0.15) is 5.82 Å². The second kappa shape index (κ2) is 5.14. The Morgan fingerprint density at radius 3 is 2.67 bits per heavy atom. The number of aromatic nitrogens is 2. The molecule has 0 radical (unpaired) electrons. The molecule has 0 spiro atoms. The van der Waals surface area contributed by atoms with Crippen LogP contribution in [-0.2, 0) is 0 Å². The highest BCUT2D eigenvalue weighted by molar-refractivity contribution is 14.1. The Bertz CT molecular complexity index is 848. The Hall–Kier alpha value is -1.90. The average Bonchev–Trinajstić information content (AvgIpc) is 2.73. The van der Waals surface area contributed by atoms with Crippen LogP contribution in [0.15, 0.2) is 30.3 Å². The van der Waals surface area contributed by atoms with Gasteiger partial charge in [-0.25, -0.2) is 13.8 Å². The van der Waals surface area contributed by atoms with Gasteiger partial charge in [0.2, 0.25) is 5.95 Å². The summed E-state index contributed by atoms with van der Waals surface area (Å²) in [7, 11) is 1.38. The fourth-order valence-corrected chi connectivity index (χ4v) is 2.89. The molecule has 3 aromatic rings. The van der Waals surface area contributed by atoms with E-state index in [0.717, 1.165) is 0 Å². The summed E-state index contributed by atoms with van der Waals surface area (Å²) in [6, 6.07) is 7.11. The van der Waals surface area contributed by atoms with Crippen molar-refractivity contribution in [2.24, 2.45) is 0 Å².